The van der Waals surface area contributed by atoms with E-state index in [9.17, 15) is 5.11 Å². The molecule has 0 unspecified atom stereocenters. The Morgan fingerprint density at radius 3 is 2.71 bits per heavy atom. The summed E-state index contributed by atoms with van der Waals surface area (Å²) in [4.78, 5) is 0. The van der Waals surface area contributed by atoms with Gasteiger partial charge in [0, 0.05) is 5.92 Å². The van der Waals surface area contributed by atoms with Gasteiger partial charge in [0.15, 0.2) is 0 Å². The molecule has 0 saturated carbocycles. The lowest BCUT2D eigenvalue weighted by molar-refractivity contribution is 0.00474. The molecule has 0 amide bonds. The number of hydrogen-bond donors (Lipinski definition) is 1. The molecule has 0 aromatic heterocycles. The highest BCUT2D eigenvalue weighted by molar-refractivity contribution is 5.15. The Morgan fingerprint density at radius 1 is 1.29 bits per heavy atom. The third-order valence-corrected chi connectivity index (χ3v) is 3.82. The van der Waals surface area contributed by atoms with Crippen LogP contribution in [0.15, 0.2) is 42.5 Å². The van der Waals surface area contributed by atoms with Crippen LogP contribution in [0.3, 0.4) is 0 Å². The van der Waals surface area contributed by atoms with Crippen LogP contribution in [0.4, 0.5) is 0 Å². The summed E-state index contributed by atoms with van der Waals surface area (Å²) in [5.41, 5.74) is 0.750. The average Bonchev–Trinajstić information content (AvgIpc) is 2.39. The van der Waals surface area contributed by atoms with Gasteiger partial charge in [-0.25, -0.2) is 0 Å². The molecule has 2 rings (SSSR count). The first-order valence-corrected chi connectivity index (χ1v) is 6.61. The minimum atomic E-state index is -0.563. The Kier molecular flexibility index (Phi) is 4.01. The number of allylic oxidation sites excluding steroid dienone is 1. The summed E-state index contributed by atoms with van der Waals surface area (Å²) < 4.78 is 0. The van der Waals surface area contributed by atoms with Crippen molar-refractivity contribution in [1.82, 2.24) is 0 Å². The second-order valence-electron chi connectivity index (χ2n) is 5.31. The monoisotopic (exact) mass is 230 g/mol. The first-order valence-electron chi connectivity index (χ1n) is 6.61. The molecule has 1 aliphatic rings. The molecule has 1 heteroatoms. The summed E-state index contributed by atoms with van der Waals surface area (Å²) >= 11 is 0. The largest absolute Gasteiger partial charge is 0.390 e. The van der Waals surface area contributed by atoms with Crippen LogP contribution in [-0.4, -0.2) is 10.7 Å². The maximum Gasteiger partial charge on any atom is 0.0685 e. The van der Waals surface area contributed by atoms with Crippen molar-refractivity contribution >= 4 is 0 Å². The van der Waals surface area contributed by atoms with Crippen LogP contribution in [0.5, 0.6) is 0 Å². The Balaban J connectivity index is 1.93. The maximum absolute atomic E-state index is 10.5. The summed E-state index contributed by atoms with van der Waals surface area (Å²) in [5.74, 6) is 0.333. The summed E-state index contributed by atoms with van der Waals surface area (Å²) in [6, 6.07) is 10.4. The number of hydrogen-bond acceptors (Lipinski definition) is 1. The van der Waals surface area contributed by atoms with Gasteiger partial charge < -0.3 is 5.11 Å². The van der Waals surface area contributed by atoms with Gasteiger partial charge in [-0.15, -0.1) is 0 Å². The number of aliphatic hydroxyl groups is 1. The highest BCUT2D eigenvalue weighted by atomic mass is 16.3. The van der Waals surface area contributed by atoms with Gasteiger partial charge in [0.1, 0.15) is 0 Å². The number of aryl methyl sites for hydroxylation is 1. The van der Waals surface area contributed by atoms with E-state index in [0.29, 0.717) is 5.92 Å². The Morgan fingerprint density at radius 2 is 2.06 bits per heavy atom. The molecule has 0 fully saturated rings. The van der Waals surface area contributed by atoms with Crippen molar-refractivity contribution < 1.29 is 5.11 Å². The van der Waals surface area contributed by atoms with Crippen molar-refractivity contribution in [3.63, 3.8) is 0 Å². The highest BCUT2D eigenvalue weighted by Gasteiger charge is 2.30. The fraction of sp³-hybridized carbons (Fsp3) is 0.500. The molecule has 1 N–H and O–H groups in total. The molecule has 1 aromatic carbocycles. The van der Waals surface area contributed by atoms with Crippen molar-refractivity contribution in [3.8, 4) is 0 Å². The van der Waals surface area contributed by atoms with E-state index >= 15 is 0 Å². The fourth-order valence-electron chi connectivity index (χ4n) is 2.56. The van der Waals surface area contributed by atoms with Gasteiger partial charge in [-0.3, -0.25) is 0 Å². The molecule has 0 bridgehead atoms. The first-order chi connectivity index (χ1) is 8.18. The molecule has 0 spiro atoms. The lowest BCUT2D eigenvalue weighted by Crippen LogP contribution is -2.34. The minimum absolute atomic E-state index is 0.333. The Hall–Kier alpha value is -1.08. The zero-order chi connectivity index (χ0) is 12.1. The number of benzene rings is 1. The van der Waals surface area contributed by atoms with Gasteiger partial charge in [0.2, 0.25) is 0 Å². The zero-order valence-corrected chi connectivity index (χ0v) is 10.6. The standard InChI is InChI=1S/C16H22O/c1-16(17,15-10-6-3-7-11-15)13-12-14-8-4-2-5-9-14/h2,4-6,8-10,15,17H,3,7,11-13H2,1H3/t15-,16+/m1/s1. The van der Waals surface area contributed by atoms with Crippen molar-refractivity contribution in [2.45, 2.75) is 44.6 Å². The third kappa shape index (κ3) is 3.44. The van der Waals surface area contributed by atoms with E-state index in [2.05, 4.69) is 36.4 Å². The van der Waals surface area contributed by atoms with E-state index in [1.165, 1.54) is 18.4 Å². The lowest BCUT2D eigenvalue weighted by atomic mass is 9.79. The van der Waals surface area contributed by atoms with Gasteiger partial charge >= 0.3 is 0 Å². The van der Waals surface area contributed by atoms with E-state index in [4.69, 9.17) is 0 Å². The summed E-state index contributed by atoms with van der Waals surface area (Å²) in [5, 5.41) is 10.5. The SMILES string of the molecule is C[C@](O)(CCc1ccccc1)[C@@H]1C=CCCC1. The van der Waals surface area contributed by atoms with Crippen LogP contribution in [-0.2, 0) is 6.42 Å². The van der Waals surface area contributed by atoms with Gasteiger partial charge in [0.05, 0.1) is 5.60 Å². The van der Waals surface area contributed by atoms with E-state index in [0.717, 1.165) is 19.3 Å². The van der Waals surface area contributed by atoms with E-state index < -0.39 is 5.60 Å². The van der Waals surface area contributed by atoms with Gasteiger partial charge in [-0.1, -0.05) is 42.5 Å². The molecule has 0 saturated heterocycles. The molecule has 1 aromatic rings. The Bertz CT molecular complexity index is 364. The van der Waals surface area contributed by atoms with Gasteiger partial charge in [-0.2, -0.15) is 0 Å². The predicted molar refractivity (Wildman–Crippen MR) is 71.9 cm³/mol. The van der Waals surface area contributed by atoms with Crippen LogP contribution in [0, 0.1) is 5.92 Å². The minimum Gasteiger partial charge on any atom is -0.390 e. The van der Waals surface area contributed by atoms with E-state index in [-0.39, 0.29) is 0 Å². The molecule has 2 atom stereocenters. The summed E-state index contributed by atoms with van der Waals surface area (Å²) in [6.45, 7) is 1.98. The zero-order valence-electron chi connectivity index (χ0n) is 10.6. The molecule has 0 radical (unpaired) electrons. The topological polar surface area (TPSA) is 20.2 Å². The molecular weight excluding hydrogens is 208 g/mol. The van der Waals surface area contributed by atoms with Crippen LogP contribution in [0.25, 0.3) is 0 Å². The molecule has 0 aliphatic heterocycles. The Labute approximate surface area is 104 Å². The summed E-state index contributed by atoms with van der Waals surface area (Å²) in [6.07, 6.45) is 9.72. The average molecular weight is 230 g/mol. The highest BCUT2D eigenvalue weighted by Crippen LogP contribution is 2.31. The van der Waals surface area contributed by atoms with Crippen molar-refractivity contribution in [1.29, 1.82) is 0 Å². The predicted octanol–water partition coefficient (Wildman–Crippen LogP) is 3.73. The molecular formula is C16H22O. The van der Waals surface area contributed by atoms with Crippen molar-refractivity contribution in [2.75, 3.05) is 0 Å². The number of rotatable bonds is 4. The second kappa shape index (κ2) is 5.50. The lowest BCUT2D eigenvalue weighted by Gasteiger charge is -2.32. The second-order valence-corrected chi connectivity index (χ2v) is 5.31. The van der Waals surface area contributed by atoms with Crippen molar-refractivity contribution in [2.24, 2.45) is 5.92 Å². The summed E-state index contributed by atoms with van der Waals surface area (Å²) in [7, 11) is 0. The first kappa shape index (κ1) is 12.4. The molecule has 17 heavy (non-hydrogen) atoms. The van der Waals surface area contributed by atoms with Gasteiger partial charge in [0.25, 0.3) is 0 Å². The van der Waals surface area contributed by atoms with E-state index in [1.54, 1.807) is 0 Å². The molecule has 0 heterocycles. The smallest absolute Gasteiger partial charge is 0.0685 e. The van der Waals surface area contributed by atoms with E-state index in [1.807, 2.05) is 13.0 Å². The quantitative estimate of drug-likeness (QED) is 0.781. The van der Waals surface area contributed by atoms with Crippen LogP contribution in [0.2, 0.25) is 0 Å². The van der Waals surface area contributed by atoms with Gasteiger partial charge in [-0.05, 0) is 44.6 Å². The normalized spacial score (nSPS) is 23.3. The third-order valence-electron chi connectivity index (χ3n) is 3.82. The van der Waals surface area contributed by atoms with Crippen molar-refractivity contribution in [3.05, 3.63) is 48.0 Å². The molecule has 1 nitrogen and oxygen atoms in total. The maximum atomic E-state index is 10.5. The molecule has 1 aliphatic carbocycles. The fourth-order valence-corrected chi connectivity index (χ4v) is 2.56. The van der Waals surface area contributed by atoms with Crippen LogP contribution in [0.1, 0.15) is 38.2 Å². The van der Waals surface area contributed by atoms with Crippen LogP contribution >= 0.6 is 0 Å². The molecule has 92 valence electrons. The van der Waals surface area contributed by atoms with Crippen LogP contribution < -0.4 is 0 Å².